The van der Waals surface area contributed by atoms with Crippen molar-refractivity contribution in [3.63, 3.8) is 0 Å². The van der Waals surface area contributed by atoms with Gasteiger partial charge in [0.05, 0.1) is 24.7 Å². The lowest BCUT2D eigenvalue weighted by molar-refractivity contribution is 0.394. The summed E-state index contributed by atoms with van der Waals surface area (Å²) < 4.78 is 25.3. The molecule has 0 aromatic heterocycles. The maximum atomic E-state index is 14.0. The number of methoxy groups -OCH3 is 2. The summed E-state index contributed by atoms with van der Waals surface area (Å²) in [5.74, 6) is 0.641. The van der Waals surface area contributed by atoms with Crippen LogP contribution in [0.2, 0.25) is 5.02 Å². The van der Waals surface area contributed by atoms with E-state index in [4.69, 9.17) is 26.8 Å². The van der Waals surface area contributed by atoms with E-state index in [0.717, 1.165) is 4.47 Å². The van der Waals surface area contributed by atoms with Gasteiger partial charge in [0, 0.05) is 16.1 Å². The van der Waals surface area contributed by atoms with Crippen LogP contribution < -0.4 is 15.2 Å². The number of ether oxygens (including phenoxy) is 2. The third kappa shape index (κ3) is 3.15. The fourth-order valence-corrected chi connectivity index (χ4v) is 2.86. The van der Waals surface area contributed by atoms with Gasteiger partial charge in [-0.25, -0.2) is 4.39 Å². The van der Waals surface area contributed by atoms with Crippen molar-refractivity contribution in [3.8, 4) is 11.5 Å². The standard InChI is InChI=1S/C15H14BrClFNO2/c1-20-12-7-9(16)13(21-2)6-8(12)15(19)14-10(17)4-3-5-11(14)18/h3-7,15H,19H2,1-2H3. The number of hydrogen-bond donors (Lipinski definition) is 1. The Bertz CT molecular complexity index is 646. The van der Waals surface area contributed by atoms with Crippen LogP contribution >= 0.6 is 27.5 Å². The monoisotopic (exact) mass is 373 g/mol. The van der Waals surface area contributed by atoms with Gasteiger partial charge in [-0.3, -0.25) is 0 Å². The summed E-state index contributed by atoms with van der Waals surface area (Å²) in [6.07, 6.45) is 0. The molecule has 0 saturated heterocycles. The van der Waals surface area contributed by atoms with E-state index < -0.39 is 11.9 Å². The van der Waals surface area contributed by atoms with Gasteiger partial charge in [0.15, 0.2) is 0 Å². The van der Waals surface area contributed by atoms with Crippen LogP contribution in [0.3, 0.4) is 0 Å². The highest BCUT2D eigenvalue weighted by Gasteiger charge is 2.22. The Morgan fingerprint density at radius 1 is 1.19 bits per heavy atom. The first-order valence-corrected chi connectivity index (χ1v) is 7.27. The van der Waals surface area contributed by atoms with Gasteiger partial charge in [0.25, 0.3) is 0 Å². The van der Waals surface area contributed by atoms with Crippen molar-refractivity contribution >= 4 is 27.5 Å². The first kappa shape index (κ1) is 16.1. The quantitative estimate of drug-likeness (QED) is 0.867. The molecule has 0 aliphatic carbocycles. The van der Waals surface area contributed by atoms with Crippen molar-refractivity contribution in [1.82, 2.24) is 0 Å². The van der Waals surface area contributed by atoms with Crippen LogP contribution in [0.5, 0.6) is 11.5 Å². The maximum absolute atomic E-state index is 14.0. The van der Waals surface area contributed by atoms with E-state index in [0.29, 0.717) is 17.1 Å². The maximum Gasteiger partial charge on any atom is 0.133 e. The number of hydrogen-bond acceptors (Lipinski definition) is 3. The first-order valence-electron chi connectivity index (χ1n) is 6.10. The molecule has 3 nitrogen and oxygen atoms in total. The lowest BCUT2D eigenvalue weighted by Crippen LogP contribution is -2.15. The lowest BCUT2D eigenvalue weighted by atomic mass is 9.98. The van der Waals surface area contributed by atoms with E-state index in [1.54, 1.807) is 18.2 Å². The highest BCUT2D eigenvalue weighted by Crippen LogP contribution is 2.39. The van der Waals surface area contributed by atoms with Crippen LogP contribution in [0.15, 0.2) is 34.8 Å². The molecule has 2 aromatic carbocycles. The molecular weight excluding hydrogens is 361 g/mol. The number of halogens is 3. The molecule has 2 N–H and O–H groups in total. The molecule has 0 spiro atoms. The molecular formula is C15H14BrClFNO2. The zero-order chi connectivity index (χ0) is 15.6. The van der Waals surface area contributed by atoms with Crippen molar-refractivity contribution < 1.29 is 13.9 Å². The van der Waals surface area contributed by atoms with Gasteiger partial charge in [-0.2, -0.15) is 0 Å². The van der Waals surface area contributed by atoms with Crippen molar-refractivity contribution in [1.29, 1.82) is 0 Å². The van der Waals surface area contributed by atoms with Crippen molar-refractivity contribution in [2.75, 3.05) is 14.2 Å². The number of nitrogens with two attached hydrogens (primary N) is 1. The van der Waals surface area contributed by atoms with Crippen LogP contribution in [0.1, 0.15) is 17.2 Å². The average Bonchev–Trinajstić information content (AvgIpc) is 2.46. The second-order valence-corrected chi connectivity index (χ2v) is 5.60. The Kier molecular flexibility index (Phi) is 5.08. The Balaban J connectivity index is 2.59. The van der Waals surface area contributed by atoms with Gasteiger partial charge in [-0.1, -0.05) is 17.7 Å². The third-order valence-corrected chi connectivity index (χ3v) is 4.10. The van der Waals surface area contributed by atoms with Crippen LogP contribution in [-0.2, 0) is 0 Å². The molecule has 21 heavy (non-hydrogen) atoms. The minimum Gasteiger partial charge on any atom is -0.496 e. The minimum absolute atomic E-state index is 0.224. The molecule has 0 aliphatic rings. The van der Waals surface area contributed by atoms with E-state index in [-0.39, 0.29) is 10.6 Å². The van der Waals surface area contributed by atoms with E-state index in [1.165, 1.54) is 26.4 Å². The van der Waals surface area contributed by atoms with Gasteiger partial charge in [0.2, 0.25) is 0 Å². The molecule has 0 heterocycles. The van der Waals surface area contributed by atoms with Crippen LogP contribution in [0.25, 0.3) is 0 Å². The molecule has 112 valence electrons. The van der Waals surface area contributed by atoms with Crippen LogP contribution in [0, 0.1) is 5.82 Å². The number of benzene rings is 2. The van der Waals surface area contributed by atoms with E-state index in [1.807, 2.05) is 0 Å². The lowest BCUT2D eigenvalue weighted by Gasteiger charge is -2.19. The normalized spacial score (nSPS) is 12.1. The molecule has 6 heteroatoms. The van der Waals surface area contributed by atoms with Gasteiger partial charge in [-0.05, 0) is 40.2 Å². The van der Waals surface area contributed by atoms with Gasteiger partial charge < -0.3 is 15.2 Å². The van der Waals surface area contributed by atoms with Gasteiger partial charge in [-0.15, -0.1) is 0 Å². The van der Waals surface area contributed by atoms with E-state index in [2.05, 4.69) is 15.9 Å². The second kappa shape index (κ2) is 6.64. The number of rotatable bonds is 4. The SMILES string of the molecule is COc1cc(C(N)c2c(F)cccc2Cl)c(OC)cc1Br. The fourth-order valence-electron chi connectivity index (χ4n) is 2.09. The van der Waals surface area contributed by atoms with Gasteiger partial charge in [0.1, 0.15) is 17.3 Å². The summed E-state index contributed by atoms with van der Waals surface area (Å²) >= 11 is 9.44. The molecule has 0 bridgehead atoms. The smallest absolute Gasteiger partial charge is 0.133 e. The Labute approximate surface area is 135 Å². The predicted molar refractivity (Wildman–Crippen MR) is 84.7 cm³/mol. The average molecular weight is 375 g/mol. The second-order valence-electron chi connectivity index (χ2n) is 4.34. The van der Waals surface area contributed by atoms with Crippen LogP contribution in [0.4, 0.5) is 4.39 Å². The van der Waals surface area contributed by atoms with Crippen LogP contribution in [-0.4, -0.2) is 14.2 Å². The fraction of sp³-hybridized carbons (Fsp3) is 0.200. The van der Waals surface area contributed by atoms with E-state index >= 15 is 0 Å². The summed E-state index contributed by atoms with van der Waals surface area (Å²) in [4.78, 5) is 0. The topological polar surface area (TPSA) is 44.5 Å². The zero-order valence-electron chi connectivity index (χ0n) is 11.5. The summed E-state index contributed by atoms with van der Waals surface area (Å²) in [5.41, 5.74) is 7.00. The van der Waals surface area contributed by atoms with E-state index in [9.17, 15) is 4.39 Å². The first-order chi connectivity index (χ1) is 9.99. The molecule has 2 rings (SSSR count). The van der Waals surface area contributed by atoms with Gasteiger partial charge >= 0.3 is 0 Å². The molecule has 2 aromatic rings. The predicted octanol–water partition coefficient (Wildman–Crippen LogP) is 4.31. The molecule has 0 amide bonds. The molecule has 0 saturated carbocycles. The molecule has 0 radical (unpaired) electrons. The Morgan fingerprint density at radius 2 is 1.86 bits per heavy atom. The summed E-state index contributed by atoms with van der Waals surface area (Å²) in [6, 6.07) is 7.12. The van der Waals surface area contributed by atoms with Crippen molar-refractivity contribution in [2.45, 2.75) is 6.04 Å². The van der Waals surface area contributed by atoms with Crippen molar-refractivity contribution in [3.05, 3.63) is 56.8 Å². The molecule has 0 aliphatic heterocycles. The molecule has 1 unspecified atom stereocenters. The minimum atomic E-state index is -0.768. The summed E-state index contributed by atoms with van der Waals surface area (Å²) in [5, 5.41) is 0.270. The Morgan fingerprint density at radius 3 is 2.43 bits per heavy atom. The Hall–Kier alpha value is -1.30. The summed E-state index contributed by atoms with van der Waals surface area (Å²) in [6.45, 7) is 0. The highest BCUT2D eigenvalue weighted by atomic mass is 79.9. The molecule has 0 fully saturated rings. The largest absolute Gasteiger partial charge is 0.496 e. The zero-order valence-corrected chi connectivity index (χ0v) is 13.8. The third-order valence-electron chi connectivity index (χ3n) is 3.15. The summed E-state index contributed by atoms with van der Waals surface area (Å²) in [7, 11) is 3.06. The molecule has 1 atom stereocenters. The highest BCUT2D eigenvalue weighted by molar-refractivity contribution is 9.10. The van der Waals surface area contributed by atoms with Crippen molar-refractivity contribution in [2.24, 2.45) is 5.73 Å².